The first-order chi connectivity index (χ1) is 10.6. The van der Waals surface area contributed by atoms with E-state index in [4.69, 9.17) is 4.74 Å². The van der Waals surface area contributed by atoms with E-state index in [0.717, 1.165) is 4.90 Å². The SMILES string of the molecule is CCOC(=O)C1CCN(C(=O)CSc2ccc(F)cc2)CC1. The fourth-order valence-corrected chi connectivity index (χ4v) is 3.19. The van der Waals surface area contributed by atoms with Crippen molar-refractivity contribution in [2.24, 2.45) is 5.92 Å². The number of carbonyl (C=O) groups excluding carboxylic acids is 2. The van der Waals surface area contributed by atoms with Crippen LogP contribution in [0.5, 0.6) is 0 Å². The Morgan fingerprint density at radius 2 is 1.91 bits per heavy atom. The van der Waals surface area contributed by atoms with Crippen molar-refractivity contribution in [3.8, 4) is 0 Å². The molecule has 1 amide bonds. The monoisotopic (exact) mass is 325 g/mol. The molecule has 4 nitrogen and oxygen atoms in total. The molecule has 6 heteroatoms. The van der Waals surface area contributed by atoms with Crippen molar-refractivity contribution in [2.45, 2.75) is 24.7 Å². The summed E-state index contributed by atoms with van der Waals surface area (Å²) in [5.74, 6) is -0.146. The molecule has 0 spiro atoms. The molecule has 120 valence electrons. The maximum absolute atomic E-state index is 12.8. The number of esters is 1. The minimum Gasteiger partial charge on any atom is -0.466 e. The van der Waals surface area contributed by atoms with Gasteiger partial charge in [0.15, 0.2) is 0 Å². The Bertz CT molecular complexity index is 513. The third kappa shape index (κ3) is 4.73. The normalized spacial score (nSPS) is 15.6. The first-order valence-corrected chi connectivity index (χ1v) is 8.41. The van der Waals surface area contributed by atoms with Gasteiger partial charge in [-0.25, -0.2) is 4.39 Å². The Kier molecular flexibility index (Phi) is 6.24. The smallest absolute Gasteiger partial charge is 0.309 e. The molecule has 22 heavy (non-hydrogen) atoms. The number of ether oxygens (including phenoxy) is 1. The van der Waals surface area contributed by atoms with Crippen molar-refractivity contribution in [3.05, 3.63) is 30.1 Å². The largest absolute Gasteiger partial charge is 0.466 e. The van der Waals surface area contributed by atoms with Gasteiger partial charge in [0.1, 0.15) is 5.82 Å². The maximum Gasteiger partial charge on any atom is 0.309 e. The van der Waals surface area contributed by atoms with Crippen LogP contribution >= 0.6 is 11.8 Å². The van der Waals surface area contributed by atoms with Gasteiger partial charge < -0.3 is 9.64 Å². The van der Waals surface area contributed by atoms with E-state index in [-0.39, 0.29) is 23.6 Å². The number of nitrogens with zero attached hydrogens (tertiary/aromatic N) is 1. The van der Waals surface area contributed by atoms with E-state index in [0.29, 0.717) is 38.3 Å². The van der Waals surface area contributed by atoms with Gasteiger partial charge in [-0.1, -0.05) is 0 Å². The highest BCUT2D eigenvalue weighted by molar-refractivity contribution is 8.00. The summed E-state index contributed by atoms with van der Waals surface area (Å²) in [5.41, 5.74) is 0. The molecular formula is C16H20FNO3S. The van der Waals surface area contributed by atoms with Gasteiger partial charge in [0.05, 0.1) is 18.3 Å². The van der Waals surface area contributed by atoms with Crippen molar-refractivity contribution >= 4 is 23.6 Å². The highest BCUT2D eigenvalue weighted by Crippen LogP contribution is 2.22. The van der Waals surface area contributed by atoms with Crippen LogP contribution in [0.15, 0.2) is 29.2 Å². The fraction of sp³-hybridized carbons (Fsp3) is 0.500. The molecule has 1 heterocycles. The summed E-state index contributed by atoms with van der Waals surface area (Å²) in [5, 5.41) is 0. The Hall–Kier alpha value is -1.56. The molecule has 0 aromatic heterocycles. The van der Waals surface area contributed by atoms with E-state index in [1.54, 1.807) is 24.0 Å². The standard InChI is InChI=1S/C16H20FNO3S/c1-2-21-16(20)12-7-9-18(10-8-12)15(19)11-22-14-5-3-13(17)4-6-14/h3-6,12H,2,7-11H2,1H3. The second-order valence-corrected chi connectivity index (χ2v) is 6.20. The summed E-state index contributed by atoms with van der Waals surface area (Å²) in [6, 6.07) is 6.11. The summed E-state index contributed by atoms with van der Waals surface area (Å²) in [6.07, 6.45) is 1.32. The van der Waals surface area contributed by atoms with Gasteiger partial charge >= 0.3 is 5.97 Å². The Morgan fingerprint density at radius 1 is 1.27 bits per heavy atom. The molecule has 1 aliphatic heterocycles. The maximum atomic E-state index is 12.8. The molecule has 0 atom stereocenters. The van der Waals surface area contributed by atoms with E-state index >= 15 is 0 Å². The lowest BCUT2D eigenvalue weighted by molar-refractivity contribution is -0.151. The lowest BCUT2D eigenvalue weighted by Crippen LogP contribution is -2.41. The summed E-state index contributed by atoms with van der Waals surface area (Å²) in [7, 11) is 0. The average molecular weight is 325 g/mol. The first kappa shape index (κ1) is 16.8. The molecule has 0 aliphatic carbocycles. The lowest BCUT2D eigenvalue weighted by atomic mass is 9.97. The van der Waals surface area contributed by atoms with Gasteiger partial charge in [0.2, 0.25) is 5.91 Å². The molecule has 1 saturated heterocycles. The van der Waals surface area contributed by atoms with E-state index in [9.17, 15) is 14.0 Å². The zero-order valence-corrected chi connectivity index (χ0v) is 13.4. The molecule has 1 fully saturated rings. The predicted molar refractivity (Wildman–Crippen MR) is 83.1 cm³/mol. The van der Waals surface area contributed by atoms with Crippen LogP contribution in [-0.2, 0) is 14.3 Å². The highest BCUT2D eigenvalue weighted by atomic mass is 32.2. The van der Waals surface area contributed by atoms with Crippen LogP contribution in [0.3, 0.4) is 0 Å². The molecule has 2 rings (SSSR count). The van der Waals surface area contributed by atoms with Crippen LogP contribution < -0.4 is 0 Å². The molecule has 1 aliphatic rings. The second kappa shape index (κ2) is 8.17. The molecule has 0 unspecified atom stereocenters. The molecule has 1 aromatic rings. The predicted octanol–water partition coefficient (Wildman–Crippen LogP) is 2.72. The number of hydrogen-bond donors (Lipinski definition) is 0. The molecule has 0 radical (unpaired) electrons. The lowest BCUT2D eigenvalue weighted by Gasteiger charge is -2.30. The third-order valence-corrected chi connectivity index (χ3v) is 4.64. The number of likely N-dealkylation sites (tertiary alicyclic amines) is 1. The summed E-state index contributed by atoms with van der Waals surface area (Å²) < 4.78 is 17.8. The van der Waals surface area contributed by atoms with Gasteiger partial charge in [0, 0.05) is 18.0 Å². The van der Waals surface area contributed by atoms with Crippen molar-refractivity contribution in [3.63, 3.8) is 0 Å². The molecule has 0 bridgehead atoms. The van der Waals surface area contributed by atoms with Gasteiger partial charge in [0.25, 0.3) is 0 Å². The van der Waals surface area contributed by atoms with Crippen molar-refractivity contribution < 1.29 is 18.7 Å². The van der Waals surface area contributed by atoms with Gasteiger partial charge in [-0.3, -0.25) is 9.59 Å². The van der Waals surface area contributed by atoms with Gasteiger partial charge in [-0.05, 0) is 44.0 Å². The highest BCUT2D eigenvalue weighted by Gasteiger charge is 2.27. The van der Waals surface area contributed by atoms with Crippen LogP contribution in [-0.4, -0.2) is 42.2 Å². The number of hydrogen-bond acceptors (Lipinski definition) is 4. The first-order valence-electron chi connectivity index (χ1n) is 7.43. The molecule has 0 saturated carbocycles. The number of rotatable bonds is 5. The Morgan fingerprint density at radius 3 is 2.50 bits per heavy atom. The summed E-state index contributed by atoms with van der Waals surface area (Å²) in [6.45, 7) is 3.37. The van der Waals surface area contributed by atoms with Gasteiger partial charge in [-0.15, -0.1) is 11.8 Å². The number of carbonyl (C=O) groups is 2. The number of piperidine rings is 1. The van der Waals surface area contributed by atoms with E-state index in [2.05, 4.69) is 0 Å². The van der Waals surface area contributed by atoms with Crippen LogP contribution in [0.1, 0.15) is 19.8 Å². The zero-order chi connectivity index (χ0) is 15.9. The number of halogens is 1. The number of benzene rings is 1. The van der Waals surface area contributed by atoms with E-state index in [1.807, 2.05) is 0 Å². The molecular weight excluding hydrogens is 305 g/mol. The minimum absolute atomic E-state index is 0.0524. The summed E-state index contributed by atoms with van der Waals surface area (Å²) >= 11 is 1.40. The van der Waals surface area contributed by atoms with Crippen LogP contribution in [0.4, 0.5) is 4.39 Å². The second-order valence-electron chi connectivity index (χ2n) is 5.15. The topological polar surface area (TPSA) is 46.6 Å². The van der Waals surface area contributed by atoms with Gasteiger partial charge in [-0.2, -0.15) is 0 Å². The third-order valence-electron chi connectivity index (χ3n) is 3.64. The van der Waals surface area contributed by atoms with E-state index in [1.165, 1.54) is 23.9 Å². The molecule has 0 N–H and O–H groups in total. The quantitative estimate of drug-likeness (QED) is 0.617. The Labute approximate surface area is 134 Å². The minimum atomic E-state index is -0.281. The zero-order valence-electron chi connectivity index (χ0n) is 12.6. The summed E-state index contributed by atoms with van der Waals surface area (Å²) in [4.78, 5) is 26.5. The number of amides is 1. The van der Waals surface area contributed by atoms with Crippen molar-refractivity contribution in [1.82, 2.24) is 4.90 Å². The van der Waals surface area contributed by atoms with Crippen molar-refractivity contribution in [2.75, 3.05) is 25.4 Å². The van der Waals surface area contributed by atoms with Crippen LogP contribution in [0.25, 0.3) is 0 Å². The van der Waals surface area contributed by atoms with E-state index < -0.39 is 0 Å². The fourth-order valence-electron chi connectivity index (χ4n) is 2.39. The Balaban J connectivity index is 1.75. The average Bonchev–Trinajstić information content (AvgIpc) is 2.54. The number of thioether (sulfide) groups is 1. The van der Waals surface area contributed by atoms with Crippen LogP contribution in [0.2, 0.25) is 0 Å². The molecule has 1 aromatic carbocycles. The van der Waals surface area contributed by atoms with Crippen LogP contribution in [0, 0.1) is 11.7 Å². The van der Waals surface area contributed by atoms with Crippen molar-refractivity contribution in [1.29, 1.82) is 0 Å².